The van der Waals surface area contributed by atoms with E-state index in [0.717, 1.165) is 0 Å². The van der Waals surface area contributed by atoms with Gasteiger partial charge in [-0.2, -0.15) is 9.44 Å². The Morgan fingerprint density at radius 3 is 2.90 bits per heavy atom. The van der Waals surface area contributed by atoms with Gasteiger partial charge >= 0.3 is 0 Å². The van der Waals surface area contributed by atoms with Gasteiger partial charge in [-0.3, -0.25) is 4.90 Å². The molecule has 1 radical (unpaired) electrons. The Labute approximate surface area is 119 Å². The topological polar surface area (TPSA) is 106 Å². The lowest BCUT2D eigenvalue weighted by Gasteiger charge is -2.14. The largest absolute Gasteiger partial charge is 0.423 e. The van der Waals surface area contributed by atoms with Gasteiger partial charge in [0, 0.05) is 0 Å². The van der Waals surface area contributed by atoms with Gasteiger partial charge in [0.1, 0.15) is 11.0 Å². The van der Waals surface area contributed by atoms with E-state index in [4.69, 9.17) is 9.25 Å². The maximum atomic E-state index is 5.71. The number of hydrogen-bond acceptors (Lipinski definition) is 12. The second-order valence-electron chi connectivity index (χ2n) is 3.54. The van der Waals surface area contributed by atoms with Gasteiger partial charge in [0.2, 0.25) is 17.8 Å². The van der Waals surface area contributed by atoms with Gasteiger partial charge in [-0.25, -0.2) is 9.82 Å². The highest BCUT2D eigenvalue weighted by Crippen LogP contribution is 2.37. The van der Waals surface area contributed by atoms with Gasteiger partial charge in [0.05, 0.1) is 0 Å². The maximum absolute atomic E-state index is 5.71. The van der Waals surface area contributed by atoms with Crippen molar-refractivity contribution in [2.45, 2.75) is 6.23 Å². The van der Waals surface area contributed by atoms with Crippen molar-refractivity contribution in [2.75, 3.05) is 9.96 Å². The Hall–Kier alpha value is -2.18. The summed E-state index contributed by atoms with van der Waals surface area (Å²) in [6, 6.07) is 0. The van der Waals surface area contributed by atoms with Crippen molar-refractivity contribution in [3.05, 3.63) is 30.0 Å². The summed E-state index contributed by atoms with van der Waals surface area (Å²) in [5.74, 6) is 0.723. The summed E-state index contributed by atoms with van der Waals surface area (Å²) in [4.78, 5) is 11.5. The second kappa shape index (κ2) is 4.73. The molecule has 0 bridgehead atoms. The lowest BCUT2D eigenvalue weighted by atomic mass is 10.5. The molecule has 101 valence electrons. The molecule has 0 aromatic carbocycles. The van der Waals surface area contributed by atoms with Crippen LogP contribution in [0.2, 0.25) is 0 Å². The standard InChI is InChI=1S/C8H5N8O2S2/c1-10-12-5(17-1)6-15(8-13-11-3-19-8)4-16(18-6)7-9-2-20-14-7/h1-4,6H. The lowest BCUT2D eigenvalue weighted by molar-refractivity contribution is 0.0683. The van der Waals surface area contributed by atoms with E-state index in [1.807, 2.05) is 0 Å². The van der Waals surface area contributed by atoms with Crippen LogP contribution in [-0.2, 0) is 4.84 Å². The minimum atomic E-state index is -0.631. The van der Waals surface area contributed by atoms with Crippen LogP contribution in [0, 0.1) is 6.67 Å². The fraction of sp³-hybridized carbons (Fsp3) is 0.125. The second-order valence-corrected chi connectivity index (χ2v) is 4.95. The molecule has 1 aliphatic rings. The molecule has 4 rings (SSSR count). The molecule has 3 aromatic heterocycles. The highest BCUT2D eigenvalue weighted by molar-refractivity contribution is 7.13. The Morgan fingerprint density at radius 2 is 2.20 bits per heavy atom. The van der Waals surface area contributed by atoms with Gasteiger partial charge in [-0.05, 0) is 11.5 Å². The van der Waals surface area contributed by atoms with Crippen LogP contribution in [-0.4, -0.2) is 29.8 Å². The molecule has 1 fully saturated rings. The first-order valence-corrected chi connectivity index (χ1v) is 7.01. The number of rotatable bonds is 3. The van der Waals surface area contributed by atoms with Crippen LogP contribution >= 0.6 is 22.9 Å². The molecule has 1 saturated heterocycles. The van der Waals surface area contributed by atoms with Crippen LogP contribution in [0.25, 0.3) is 0 Å². The van der Waals surface area contributed by atoms with Crippen molar-refractivity contribution in [1.82, 2.24) is 29.8 Å². The van der Waals surface area contributed by atoms with Crippen molar-refractivity contribution < 1.29 is 9.25 Å². The minimum absolute atomic E-state index is 0.300. The van der Waals surface area contributed by atoms with Gasteiger partial charge in [0.25, 0.3) is 11.8 Å². The van der Waals surface area contributed by atoms with Crippen LogP contribution in [0.1, 0.15) is 12.1 Å². The molecule has 1 aliphatic heterocycles. The van der Waals surface area contributed by atoms with E-state index in [1.54, 1.807) is 22.6 Å². The third-order valence-corrected chi connectivity index (χ3v) is 3.57. The van der Waals surface area contributed by atoms with Crippen LogP contribution in [0.15, 0.2) is 21.8 Å². The first-order valence-electron chi connectivity index (χ1n) is 5.30. The SMILES string of the molecule is [CH]1N(c2ncsn2)OC(c2nnco2)N1c1nncs1. The van der Waals surface area contributed by atoms with Crippen LogP contribution in [0.5, 0.6) is 0 Å². The summed E-state index contributed by atoms with van der Waals surface area (Å²) >= 11 is 2.58. The first kappa shape index (κ1) is 11.6. The maximum Gasteiger partial charge on any atom is 0.268 e. The van der Waals surface area contributed by atoms with Crippen LogP contribution in [0.4, 0.5) is 11.1 Å². The molecular weight excluding hydrogens is 304 g/mol. The number of hydrogen-bond donors (Lipinski definition) is 0. The summed E-state index contributed by atoms with van der Waals surface area (Å²) in [6.07, 6.45) is 0.606. The van der Waals surface area contributed by atoms with E-state index in [2.05, 4.69) is 29.8 Å². The average molecular weight is 309 g/mol. The number of aromatic nitrogens is 6. The van der Waals surface area contributed by atoms with Crippen molar-refractivity contribution in [1.29, 1.82) is 0 Å². The zero-order valence-corrected chi connectivity index (χ0v) is 11.2. The molecule has 0 N–H and O–H groups in total. The van der Waals surface area contributed by atoms with Gasteiger partial charge in [0.15, 0.2) is 6.67 Å². The molecule has 3 aromatic rings. The predicted octanol–water partition coefficient (Wildman–Crippen LogP) is 0.849. The molecule has 0 aliphatic carbocycles. The zero-order chi connectivity index (χ0) is 13.4. The molecule has 12 heteroatoms. The molecule has 0 spiro atoms. The zero-order valence-electron chi connectivity index (χ0n) is 9.60. The van der Waals surface area contributed by atoms with E-state index >= 15 is 0 Å². The molecule has 20 heavy (non-hydrogen) atoms. The number of anilines is 2. The molecule has 1 atom stereocenters. The molecule has 0 amide bonds. The van der Waals surface area contributed by atoms with E-state index in [1.165, 1.54) is 34.3 Å². The highest BCUT2D eigenvalue weighted by atomic mass is 32.1. The highest BCUT2D eigenvalue weighted by Gasteiger charge is 2.40. The van der Waals surface area contributed by atoms with Gasteiger partial charge in [-0.1, -0.05) is 11.3 Å². The Kier molecular flexibility index (Phi) is 2.75. The summed E-state index contributed by atoms with van der Waals surface area (Å²) in [5, 5.41) is 17.4. The molecule has 0 saturated carbocycles. The van der Waals surface area contributed by atoms with Crippen molar-refractivity contribution in [3.8, 4) is 0 Å². The van der Waals surface area contributed by atoms with E-state index in [9.17, 15) is 0 Å². The smallest absolute Gasteiger partial charge is 0.268 e. The Morgan fingerprint density at radius 1 is 1.20 bits per heavy atom. The molecule has 4 heterocycles. The number of nitrogens with zero attached hydrogens (tertiary/aromatic N) is 8. The number of hydroxylamine groups is 1. The van der Waals surface area contributed by atoms with Crippen LogP contribution in [0.3, 0.4) is 0 Å². The lowest BCUT2D eigenvalue weighted by Crippen LogP contribution is -2.21. The normalized spacial score (nSPS) is 18.9. The quantitative estimate of drug-likeness (QED) is 0.691. The van der Waals surface area contributed by atoms with Crippen LogP contribution < -0.4 is 9.96 Å². The van der Waals surface area contributed by atoms with E-state index in [0.29, 0.717) is 17.0 Å². The van der Waals surface area contributed by atoms with E-state index in [-0.39, 0.29) is 0 Å². The fourth-order valence-corrected chi connectivity index (χ4v) is 2.56. The summed E-state index contributed by atoms with van der Waals surface area (Å²) in [6.45, 7) is 1.66. The average Bonchev–Trinajstić information content (AvgIpc) is 3.22. The van der Waals surface area contributed by atoms with Crippen molar-refractivity contribution in [2.24, 2.45) is 0 Å². The van der Waals surface area contributed by atoms with Crippen molar-refractivity contribution >= 4 is 33.9 Å². The molecule has 1 unspecified atom stereocenters. The Balaban J connectivity index is 1.68. The third kappa shape index (κ3) is 1.90. The fourth-order valence-electron chi connectivity index (χ4n) is 1.60. The summed E-state index contributed by atoms with van der Waals surface area (Å²) < 4.78 is 9.30. The van der Waals surface area contributed by atoms with E-state index < -0.39 is 6.23 Å². The van der Waals surface area contributed by atoms with Gasteiger partial charge < -0.3 is 4.42 Å². The molecular formula is C8H5N8O2S2. The first-order chi connectivity index (χ1) is 9.92. The third-order valence-electron chi connectivity index (χ3n) is 2.40. The summed E-state index contributed by atoms with van der Waals surface area (Å²) in [5.41, 5.74) is 3.24. The monoisotopic (exact) mass is 309 g/mol. The minimum Gasteiger partial charge on any atom is -0.423 e. The molecule has 10 nitrogen and oxygen atoms in total. The van der Waals surface area contributed by atoms with Crippen molar-refractivity contribution in [3.63, 3.8) is 0 Å². The Bertz CT molecular complexity index is 615. The summed E-state index contributed by atoms with van der Waals surface area (Å²) in [7, 11) is 0. The van der Waals surface area contributed by atoms with Gasteiger partial charge in [-0.15, -0.1) is 20.4 Å². The predicted molar refractivity (Wildman–Crippen MR) is 67.2 cm³/mol.